The molecule has 5 amide bonds. The Morgan fingerprint density at radius 2 is 1.65 bits per heavy atom. The molecule has 9 heteroatoms. The number of thiol groups is 1. The van der Waals surface area contributed by atoms with Crippen LogP contribution in [0.25, 0.3) is 10.8 Å². The first-order valence-electron chi connectivity index (χ1n) is 9.47. The molecule has 3 N–H and O–H groups in total. The molecule has 156 valence electrons. The van der Waals surface area contributed by atoms with Gasteiger partial charge in [-0.05, 0) is 35.7 Å². The number of amides is 5. The summed E-state index contributed by atoms with van der Waals surface area (Å²) in [6.45, 7) is 0.481. The zero-order chi connectivity index (χ0) is 22.0. The first-order chi connectivity index (χ1) is 15.0. The maximum Gasteiger partial charge on any atom is 0.326 e. The Kier molecular flexibility index (Phi) is 5.70. The highest BCUT2D eigenvalue weighted by Gasteiger charge is 2.32. The molecule has 0 atom stereocenters. The molecule has 31 heavy (non-hydrogen) atoms. The number of nitrogens with one attached hydrogen (secondary N) is 3. The maximum absolute atomic E-state index is 13.0. The van der Waals surface area contributed by atoms with Crippen LogP contribution in [0.15, 0.2) is 60.7 Å². The van der Waals surface area contributed by atoms with Crippen LogP contribution in [0, 0.1) is 0 Å². The van der Waals surface area contributed by atoms with Gasteiger partial charge in [-0.2, -0.15) is 0 Å². The van der Waals surface area contributed by atoms with Crippen molar-refractivity contribution >= 4 is 53.0 Å². The van der Waals surface area contributed by atoms with E-state index in [-0.39, 0.29) is 12.5 Å². The van der Waals surface area contributed by atoms with E-state index in [1.807, 2.05) is 0 Å². The highest BCUT2D eigenvalue weighted by Crippen LogP contribution is 2.32. The smallest absolute Gasteiger partial charge is 0.308 e. The number of hydrogen-bond donors (Lipinski definition) is 4. The quantitative estimate of drug-likeness (QED) is 0.365. The van der Waals surface area contributed by atoms with E-state index in [0.29, 0.717) is 39.7 Å². The maximum atomic E-state index is 13.0. The fourth-order valence-electron chi connectivity index (χ4n) is 3.52. The van der Waals surface area contributed by atoms with Crippen molar-refractivity contribution in [2.75, 3.05) is 18.4 Å². The molecule has 0 saturated heterocycles. The highest BCUT2D eigenvalue weighted by atomic mass is 32.1. The van der Waals surface area contributed by atoms with E-state index in [9.17, 15) is 19.2 Å². The van der Waals surface area contributed by atoms with Crippen molar-refractivity contribution < 1.29 is 19.2 Å². The van der Waals surface area contributed by atoms with Crippen molar-refractivity contribution in [2.24, 2.45) is 0 Å². The second-order valence-corrected chi connectivity index (χ2v) is 7.19. The van der Waals surface area contributed by atoms with Gasteiger partial charge in [-0.25, -0.2) is 4.79 Å². The number of carbonyl (C=O) groups is 4. The number of benzene rings is 3. The summed E-state index contributed by atoms with van der Waals surface area (Å²) in [5.41, 5.74) is 1.39. The van der Waals surface area contributed by atoms with Crippen molar-refractivity contribution in [1.29, 1.82) is 0 Å². The number of hydrogen-bond acceptors (Lipinski definition) is 6. The van der Waals surface area contributed by atoms with Crippen molar-refractivity contribution in [3.05, 3.63) is 77.4 Å². The molecule has 0 spiro atoms. The molecule has 0 saturated carbocycles. The van der Waals surface area contributed by atoms with E-state index in [1.165, 1.54) is 6.07 Å². The van der Waals surface area contributed by atoms with Gasteiger partial charge in [-0.15, -0.1) is 0 Å². The standard InChI is InChI=1S/C22H18N4O4S/c27-19(13-5-2-1-3-6-13)25-22(30)24-15-11-14-7-4-8-16-18(14)17(12-15)21(29)26(20(16)28)10-9-23-31/h1-8,11-12,23,31H,9-10H2,(H2,24,25,27,30). The predicted octanol–water partition coefficient (Wildman–Crippen LogP) is 2.83. The van der Waals surface area contributed by atoms with Gasteiger partial charge in [0.05, 0.1) is 5.56 Å². The second-order valence-electron chi connectivity index (χ2n) is 6.87. The first kappa shape index (κ1) is 20.6. The molecule has 0 fully saturated rings. The summed E-state index contributed by atoms with van der Waals surface area (Å²) in [5, 5.41) is 6.02. The van der Waals surface area contributed by atoms with Crippen molar-refractivity contribution in [2.45, 2.75) is 0 Å². The Morgan fingerprint density at radius 1 is 0.903 bits per heavy atom. The molecular formula is C22H18N4O4S. The van der Waals surface area contributed by atoms with Gasteiger partial charge in [0.1, 0.15) is 0 Å². The fourth-order valence-corrected chi connectivity index (χ4v) is 3.62. The largest absolute Gasteiger partial charge is 0.326 e. The van der Waals surface area contributed by atoms with E-state index in [0.717, 1.165) is 4.90 Å². The molecule has 4 rings (SSSR count). The Bertz CT molecular complexity index is 1210. The zero-order valence-corrected chi connectivity index (χ0v) is 17.1. The van der Waals surface area contributed by atoms with Crippen molar-refractivity contribution in [3.8, 4) is 0 Å². The van der Waals surface area contributed by atoms with Crippen LogP contribution in [-0.4, -0.2) is 41.7 Å². The number of anilines is 1. The summed E-state index contributed by atoms with van der Waals surface area (Å²) >= 11 is 3.91. The molecule has 0 bridgehead atoms. The normalized spacial score (nSPS) is 12.7. The van der Waals surface area contributed by atoms with E-state index >= 15 is 0 Å². The number of carbonyl (C=O) groups excluding carboxylic acids is 4. The summed E-state index contributed by atoms with van der Waals surface area (Å²) in [7, 11) is 0. The molecule has 1 heterocycles. The van der Waals surface area contributed by atoms with E-state index in [4.69, 9.17) is 0 Å². The monoisotopic (exact) mass is 434 g/mol. The summed E-state index contributed by atoms with van der Waals surface area (Å²) in [6, 6.07) is 15.9. The Hall–Kier alpha value is -3.69. The Labute approximate surface area is 183 Å². The highest BCUT2D eigenvalue weighted by molar-refractivity contribution is 7.78. The molecule has 3 aromatic carbocycles. The molecule has 0 aliphatic carbocycles. The Morgan fingerprint density at radius 3 is 2.39 bits per heavy atom. The number of urea groups is 1. The zero-order valence-electron chi connectivity index (χ0n) is 16.2. The van der Waals surface area contributed by atoms with Crippen LogP contribution in [0.2, 0.25) is 0 Å². The third-order valence-corrected chi connectivity index (χ3v) is 5.12. The Balaban J connectivity index is 1.63. The van der Waals surface area contributed by atoms with Gasteiger partial charge in [-0.1, -0.05) is 43.1 Å². The number of imide groups is 2. The van der Waals surface area contributed by atoms with Gasteiger partial charge < -0.3 is 5.32 Å². The van der Waals surface area contributed by atoms with Crippen LogP contribution in [0.5, 0.6) is 0 Å². The lowest BCUT2D eigenvalue weighted by atomic mass is 9.93. The average molecular weight is 434 g/mol. The third kappa shape index (κ3) is 4.00. The molecule has 1 aliphatic heterocycles. The SMILES string of the molecule is O=C(NC(=O)c1ccccc1)Nc1cc2c3c(cccc3c1)C(=O)N(CCNS)C2=O. The summed E-state index contributed by atoms with van der Waals surface area (Å²) in [5.74, 6) is -1.38. The third-order valence-electron chi connectivity index (χ3n) is 4.90. The lowest BCUT2D eigenvalue weighted by Gasteiger charge is -2.27. The lowest BCUT2D eigenvalue weighted by Crippen LogP contribution is -2.43. The predicted molar refractivity (Wildman–Crippen MR) is 119 cm³/mol. The number of nitrogens with zero attached hydrogens (tertiary/aromatic N) is 1. The van der Waals surface area contributed by atoms with Gasteiger partial charge in [0, 0.05) is 35.3 Å². The van der Waals surface area contributed by atoms with E-state index < -0.39 is 17.8 Å². The second kappa shape index (κ2) is 8.58. The van der Waals surface area contributed by atoms with Gasteiger partial charge in [0.15, 0.2) is 0 Å². The topological polar surface area (TPSA) is 108 Å². The van der Waals surface area contributed by atoms with Crippen LogP contribution in [0.4, 0.5) is 10.5 Å². The van der Waals surface area contributed by atoms with Crippen LogP contribution in [0.1, 0.15) is 31.1 Å². The minimum atomic E-state index is -0.730. The molecule has 3 aromatic rings. The van der Waals surface area contributed by atoms with Crippen LogP contribution in [-0.2, 0) is 0 Å². The summed E-state index contributed by atoms with van der Waals surface area (Å²) < 4.78 is 2.63. The minimum Gasteiger partial charge on any atom is -0.308 e. The molecular weight excluding hydrogens is 416 g/mol. The molecule has 0 unspecified atom stereocenters. The van der Waals surface area contributed by atoms with E-state index in [1.54, 1.807) is 54.6 Å². The molecule has 0 aromatic heterocycles. The average Bonchev–Trinajstić information content (AvgIpc) is 2.77. The minimum absolute atomic E-state index is 0.153. The van der Waals surface area contributed by atoms with Gasteiger partial charge in [0.2, 0.25) is 0 Å². The molecule has 8 nitrogen and oxygen atoms in total. The van der Waals surface area contributed by atoms with Gasteiger partial charge in [0.25, 0.3) is 17.7 Å². The summed E-state index contributed by atoms with van der Waals surface area (Å²) in [4.78, 5) is 51.4. The van der Waals surface area contributed by atoms with E-state index in [2.05, 4.69) is 28.2 Å². The molecule has 0 radical (unpaired) electrons. The first-order valence-corrected chi connectivity index (χ1v) is 9.91. The lowest BCUT2D eigenvalue weighted by molar-refractivity contribution is 0.0614. The fraction of sp³-hybridized carbons (Fsp3) is 0.0909. The van der Waals surface area contributed by atoms with Crippen LogP contribution in [0.3, 0.4) is 0 Å². The van der Waals surface area contributed by atoms with Crippen molar-refractivity contribution in [3.63, 3.8) is 0 Å². The van der Waals surface area contributed by atoms with Crippen LogP contribution >= 0.6 is 12.8 Å². The molecule has 1 aliphatic rings. The van der Waals surface area contributed by atoms with Gasteiger partial charge in [-0.3, -0.25) is 29.3 Å². The van der Waals surface area contributed by atoms with Gasteiger partial charge >= 0.3 is 6.03 Å². The van der Waals surface area contributed by atoms with Crippen molar-refractivity contribution in [1.82, 2.24) is 14.9 Å². The number of rotatable bonds is 5. The summed E-state index contributed by atoms with van der Waals surface area (Å²) in [6.07, 6.45) is 0. The van der Waals surface area contributed by atoms with Crippen LogP contribution < -0.4 is 15.4 Å².